The quantitative estimate of drug-likeness (QED) is 0.549. The zero-order valence-electron chi connectivity index (χ0n) is 12.6. The van der Waals surface area contributed by atoms with Crippen LogP contribution in [0.25, 0.3) is 0 Å². The summed E-state index contributed by atoms with van der Waals surface area (Å²) in [6.45, 7) is -0.228. The van der Waals surface area contributed by atoms with Crippen molar-refractivity contribution < 1.29 is 19.6 Å². The topological polar surface area (TPSA) is 122 Å². The van der Waals surface area contributed by atoms with E-state index in [1.807, 2.05) is 0 Å². The van der Waals surface area contributed by atoms with Gasteiger partial charge in [-0.2, -0.15) is 0 Å². The Bertz CT molecular complexity index is 759. The molecule has 2 aromatic carbocycles. The number of benzene rings is 2. The molecule has 0 atom stereocenters. The molecule has 8 nitrogen and oxygen atoms in total. The van der Waals surface area contributed by atoms with Crippen molar-refractivity contribution in [1.82, 2.24) is 5.32 Å². The Balaban J connectivity index is 1.80. The molecular weight excluding hydrogens is 314 g/mol. The molecular formula is C16H15N3O5. The molecule has 0 spiro atoms. The van der Waals surface area contributed by atoms with Crippen LogP contribution in [0.2, 0.25) is 0 Å². The van der Waals surface area contributed by atoms with Crippen LogP contribution in [-0.4, -0.2) is 28.4 Å². The van der Waals surface area contributed by atoms with E-state index in [0.29, 0.717) is 11.3 Å². The molecule has 0 bridgehead atoms. The normalized spacial score (nSPS) is 10.0. The number of carbonyl (C=O) groups is 2. The number of hydrogen-bond donors (Lipinski definition) is 3. The summed E-state index contributed by atoms with van der Waals surface area (Å²) in [4.78, 5) is 33.5. The lowest BCUT2D eigenvalue weighted by molar-refractivity contribution is -0.384. The number of non-ortho nitro benzene ring substituents is 1. The number of anilines is 1. The number of phenols is 1. The molecule has 0 heterocycles. The lowest BCUT2D eigenvalue weighted by Crippen LogP contribution is -2.33. The van der Waals surface area contributed by atoms with Crippen LogP contribution in [0, 0.1) is 10.1 Å². The van der Waals surface area contributed by atoms with E-state index in [-0.39, 0.29) is 30.3 Å². The largest absolute Gasteiger partial charge is 0.508 e. The van der Waals surface area contributed by atoms with Gasteiger partial charge in [-0.1, -0.05) is 12.1 Å². The van der Waals surface area contributed by atoms with Crippen LogP contribution in [-0.2, 0) is 16.0 Å². The lowest BCUT2D eigenvalue weighted by atomic mass is 10.1. The summed E-state index contributed by atoms with van der Waals surface area (Å²) in [5.74, 6) is -0.747. The summed E-state index contributed by atoms with van der Waals surface area (Å²) in [6.07, 6.45) is 0.0409. The predicted octanol–water partition coefficient (Wildman–Crippen LogP) is 1.60. The van der Waals surface area contributed by atoms with Gasteiger partial charge in [-0.05, 0) is 29.8 Å². The van der Waals surface area contributed by atoms with Gasteiger partial charge in [0.2, 0.25) is 11.8 Å². The number of aromatic hydroxyl groups is 1. The predicted molar refractivity (Wildman–Crippen MR) is 86.5 cm³/mol. The van der Waals surface area contributed by atoms with Crippen molar-refractivity contribution in [3.05, 3.63) is 64.2 Å². The van der Waals surface area contributed by atoms with Gasteiger partial charge in [0.25, 0.3) is 5.69 Å². The van der Waals surface area contributed by atoms with Gasteiger partial charge < -0.3 is 15.7 Å². The SMILES string of the molecule is O=C(Cc1cccc(O)c1)NCC(=O)Nc1ccc([N+](=O)[O-])cc1. The fourth-order valence-electron chi connectivity index (χ4n) is 1.96. The highest BCUT2D eigenvalue weighted by Crippen LogP contribution is 2.15. The zero-order chi connectivity index (χ0) is 17.5. The first kappa shape index (κ1) is 16.9. The fourth-order valence-corrected chi connectivity index (χ4v) is 1.96. The molecule has 0 aliphatic carbocycles. The molecule has 0 radical (unpaired) electrons. The fraction of sp³-hybridized carbons (Fsp3) is 0.125. The summed E-state index contributed by atoms with van der Waals surface area (Å²) in [6, 6.07) is 11.6. The van der Waals surface area contributed by atoms with Crippen LogP contribution >= 0.6 is 0 Å². The van der Waals surface area contributed by atoms with Crippen LogP contribution in [0.3, 0.4) is 0 Å². The molecule has 124 valence electrons. The van der Waals surface area contributed by atoms with Crippen LogP contribution in [0.1, 0.15) is 5.56 Å². The standard InChI is InChI=1S/C16H15N3O5/c20-14-3-1-2-11(8-14)9-15(21)17-10-16(22)18-12-4-6-13(7-5-12)19(23)24/h1-8,20H,9-10H2,(H,17,21)(H,18,22). The van der Waals surface area contributed by atoms with Gasteiger partial charge in [-0.15, -0.1) is 0 Å². The summed E-state index contributed by atoms with van der Waals surface area (Å²) < 4.78 is 0. The van der Waals surface area contributed by atoms with Gasteiger partial charge in [0.1, 0.15) is 5.75 Å². The monoisotopic (exact) mass is 329 g/mol. The number of rotatable bonds is 6. The molecule has 2 rings (SSSR count). The summed E-state index contributed by atoms with van der Waals surface area (Å²) in [7, 11) is 0. The second kappa shape index (κ2) is 7.73. The third kappa shape index (κ3) is 5.09. The number of nitrogens with zero attached hydrogens (tertiary/aromatic N) is 1. The molecule has 0 saturated heterocycles. The number of amides is 2. The van der Waals surface area contributed by atoms with E-state index in [1.54, 1.807) is 12.1 Å². The third-order valence-electron chi connectivity index (χ3n) is 3.08. The Morgan fingerprint density at radius 1 is 1.08 bits per heavy atom. The van der Waals surface area contributed by atoms with Crippen molar-refractivity contribution >= 4 is 23.2 Å². The molecule has 0 aliphatic rings. The molecule has 0 aromatic heterocycles. The van der Waals surface area contributed by atoms with Crippen LogP contribution in [0.4, 0.5) is 11.4 Å². The third-order valence-corrected chi connectivity index (χ3v) is 3.08. The average molecular weight is 329 g/mol. The molecule has 2 amide bonds. The smallest absolute Gasteiger partial charge is 0.269 e. The van der Waals surface area contributed by atoms with Crippen LogP contribution in [0.5, 0.6) is 5.75 Å². The Hall–Kier alpha value is -3.42. The maximum absolute atomic E-state index is 11.8. The molecule has 0 unspecified atom stereocenters. The second-order valence-corrected chi connectivity index (χ2v) is 4.98. The van der Waals surface area contributed by atoms with Crippen LogP contribution < -0.4 is 10.6 Å². The highest BCUT2D eigenvalue weighted by atomic mass is 16.6. The maximum atomic E-state index is 11.8. The van der Waals surface area contributed by atoms with Crippen molar-refractivity contribution in [3.8, 4) is 5.75 Å². The van der Waals surface area contributed by atoms with Gasteiger partial charge in [-0.25, -0.2) is 0 Å². The van der Waals surface area contributed by atoms with Crippen molar-refractivity contribution in [2.45, 2.75) is 6.42 Å². The van der Waals surface area contributed by atoms with Gasteiger partial charge in [0, 0.05) is 17.8 Å². The van der Waals surface area contributed by atoms with Gasteiger partial charge >= 0.3 is 0 Å². The Kier molecular flexibility index (Phi) is 5.45. The van der Waals surface area contributed by atoms with Gasteiger partial charge in [-0.3, -0.25) is 19.7 Å². The molecule has 24 heavy (non-hydrogen) atoms. The van der Waals surface area contributed by atoms with E-state index in [1.165, 1.54) is 36.4 Å². The molecule has 0 aliphatic heterocycles. The van der Waals surface area contributed by atoms with E-state index < -0.39 is 10.8 Å². The number of hydrogen-bond acceptors (Lipinski definition) is 5. The lowest BCUT2D eigenvalue weighted by Gasteiger charge is -2.07. The second-order valence-electron chi connectivity index (χ2n) is 4.98. The first-order valence-electron chi connectivity index (χ1n) is 7.03. The maximum Gasteiger partial charge on any atom is 0.269 e. The first-order chi connectivity index (χ1) is 11.4. The number of nitro benzene ring substituents is 1. The molecule has 2 aromatic rings. The van der Waals surface area contributed by atoms with Crippen molar-refractivity contribution in [2.75, 3.05) is 11.9 Å². The van der Waals surface area contributed by atoms with Gasteiger partial charge in [0.15, 0.2) is 0 Å². The molecule has 0 saturated carbocycles. The number of nitrogens with one attached hydrogen (secondary N) is 2. The number of phenolic OH excluding ortho intramolecular Hbond substituents is 1. The Morgan fingerprint density at radius 2 is 1.79 bits per heavy atom. The summed E-state index contributed by atoms with van der Waals surface area (Å²) in [5, 5.41) is 24.8. The Labute approximate surface area is 137 Å². The number of carbonyl (C=O) groups excluding carboxylic acids is 2. The van der Waals surface area contributed by atoms with E-state index in [9.17, 15) is 24.8 Å². The highest BCUT2D eigenvalue weighted by molar-refractivity contribution is 5.94. The van der Waals surface area contributed by atoms with Crippen LogP contribution in [0.15, 0.2) is 48.5 Å². The molecule has 0 fully saturated rings. The van der Waals surface area contributed by atoms with Crippen molar-refractivity contribution in [3.63, 3.8) is 0 Å². The van der Waals surface area contributed by atoms with Crippen molar-refractivity contribution in [2.24, 2.45) is 0 Å². The number of nitro groups is 1. The van der Waals surface area contributed by atoms with E-state index >= 15 is 0 Å². The summed E-state index contributed by atoms with van der Waals surface area (Å²) in [5.41, 5.74) is 0.948. The zero-order valence-corrected chi connectivity index (χ0v) is 12.6. The highest BCUT2D eigenvalue weighted by Gasteiger charge is 2.09. The minimum Gasteiger partial charge on any atom is -0.508 e. The first-order valence-corrected chi connectivity index (χ1v) is 7.03. The van der Waals surface area contributed by atoms with Crippen molar-refractivity contribution in [1.29, 1.82) is 0 Å². The van der Waals surface area contributed by atoms with E-state index in [0.717, 1.165) is 0 Å². The molecule has 8 heteroatoms. The molecule has 3 N–H and O–H groups in total. The average Bonchev–Trinajstić information content (AvgIpc) is 2.53. The minimum atomic E-state index is -0.535. The van der Waals surface area contributed by atoms with E-state index in [4.69, 9.17) is 0 Å². The minimum absolute atomic E-state index is 0.0409. The van der Waals surface area contributed by atoms with E-state index in [2.05, 4.69) is 10.6 Å². The Morgan fingerprint density at radius 3 is 2.42 bits per heavy atom. The summed E-state index contributed by atoms with van der Waals surface area (Å²) >= 11 is 0. The van der Waals surface area contributed by atoms with Gasteiger partial charge in [0.05, 0.1) is 17.9 Å².